The molecule has 0 bridgehead atoms. The molecular weight excluding hydrogens is 338 g/mol. The van der Waals surface area contributed by atoms with Gasteiger partial charge in [0.2, 0.25) is 5.76 Å². The van der Waals surface area contributed by atoms with E-state index >= 15 is 0 Å². The van der Waals surface area contributed by atoms with Crippen molar-refractivity contribution in [3.8, 4) is 0 Å². The Kier molecular flexibility index (Phi) is 4.26. The molecule has 0 aromatic carbocycles. The van der Waals surface area contributed by atoms with E-state index in [1.165, 1.54) is 12.8 Å². The van der Waals surface area contributed by atoms with E-state index in [0.717, 1.165) is 25.7 Å². The van der Waals surface area contributed by atoms with Crippen LogP contribution in [0.5, 0.6) is 0 Å². The minimum Gasteiger partial charge on any atom is -0.476 e. The van der Waals surface area contributed by atoms with Gasteiger partial charge in [-0.1, -0.05) is 0 Å². The second kappa shape index (κ2) is 6.59. The number of nitrogens with zero attached hydrogens (tertiary/aromatic N) is 3. The lowest BCUT2D eigenvalue weighted by molar-refractivity contribution is 0.0530. The first kappa shape index (κ1) is 16.8. The van der Waals surface area contributed by atoms with Crippen molar-refractivity contribution >= 4 is 11.9 Å². The summed E-state index contributed by atoms with van der Waals surface area (Å²) in [6.45, 7) is 2.28. The molecule has 8 heteroatoms. The number of carbonyl (C=O) groups excluding carboxylic acids is 1. The van der Waals surface area contributed by atoms with Gasteiger partial charge in [0.25, 0.3) is 5.91 Å². The van der Waals surface area contributed by atoms with Crippen molar-refractivity contribution in [2.75, 3.05) is 6.54 Å². The number of aromatic carboxylic acids is 1. The predicted molar refractivity (Wildman–Crippen MR) is 88.8 cm³/mol. The minimum absolute atomic E-state index is 0.140. The summed E-state index contributed by atoms with van der Waals surface area (Å²) < 4.78 is 11.1. The number of aryl methyl sites for hydroxylation is 1. The largest absolute Gasteiger partial charge is 0.476 e. The van der Waals surface area contributed by atoms with Gasteiger partial charge in [-0.3, -0.25) is 4.79 Å². The van der Waals surface area contributed by atoms with Crippen LogP contribution in [0.15, 0.2) is 15.2 Å². The molecule has 3 heterocycles. The molecule has 2 aliphatic rings. The SMILES string of the molecule is Cc1nc(CC2CC2)oc1C(=O)N1CCCCC1c1ocnc1C(=O)O. The summed E-state index contributed by atoms with van der Waals surface area (Å²) in [4.78, 5) is 34.3. The Morgan fingerprint density at radius 2 is 2.12 bits per heavy atom. The van der Waals surface area contributed by atoms with E-state index in [9.17, 15) is 14.7 Å². The Balaban J connectivity index is 1.61. The van der Waals surface area contributed by atoms with E-state index in [1.54, 1.807) is 11.8 Å². The molecule has 1 saturated heterocycles. The highest BCUT2D eigenvalue weighted by Crippen LogP contribution is 2.35. The molecule has 1 saturated carbocycles. The monoisotopic (exact) mass is 359 g/mol. The van der Waals surface area contributed by atoms with Crippen LogP contribution in [0.4, 0.5) is 0 Å². The molecule has 1 atom stereocenters. The van der Waals surface area contributed by atoms with Crippen molar-refractivity contribution in [2.45, 2.75) is 51.5 Å². The van der Waals surface area contributed by atoms with Crippen molar-refractivity contribution in [3.05, 3.63) is 35.2 Å². The number of oxazole rings is 2. The smallest absolute Gasteiger partial charge is 0.358 e. The van der Waals surface area contributed by atoms with Crippen LogP contribution >= 0.6 is 0 Å². The fourth-order valence-electron chi connectivity index (χ4n) is 3.54. The van der Waals surface area contributed by atoms with Gasteiger partial charge in [-0.05, 0) is 44.9 Å². The van der Waals surface area contributed by atoms with Crippen molar-refractivity contribution < 1.29 is 23.5 Å². The van der Waals surface area contributed by atoms with E-state index in [4.69, 9.17) is 8.83 Å². The topological polar surface area (TPSA) is 110 Å². The number of hydrogen-bond acceptors (Lipinski definition) is 6. The Morgan fingerprint density at radius 1 is 1.31 bits per heavy atom. The number of likely N-dealkylation sites (tertiary alicyclic amines) is 1. The highest BCUT2D eigenvalue weighted by molar-refractivity contribution is 5.93. The Labute approximate surface area is 150 Å². The molecule has 2 aromatic rings. The van der Waals surface area contributed by atoms with Crippen LogP contribution in [0.2, 0.25) is 0 Å². The molecule has 26 heavy (non-hydrogen) atoms. The van der Waals surface area contributed by atoms with Gasteiger partial charge in [-0.2, -0.15) is 0 Å². The Bertz CT molecular complexity index is 836. The molecule has 2 aromatic heterocycles. The van der Waals surface area contributed by atoms with E-state index in [1.807, 2.05) is 0 Å². The number of rotatable bonds is 5. The van der Waals surface area contributed by atoms with E-state index in [-0.39, 0.29) is 23.1 Å². The lowest BCUT2D eigenvalue weighted by Gasteiger charge is -2.34. The van der Waals surface area contributed by atoms with Crippen LogP contribution in [-0.4, -0.2) is 38.4 Å². The molecule has 8 nitrogen and oxygen atoms in total. The zero-order chi connectivity index (χ0) is 18.3. The highest BCUT2D eigenvalue weighted by atomic mass is 16.4. The number of hydrogen-bond donors (Lipinski definition) is 1. The molecular formula is C18H21N3O5. The van der Waals surface area contributed by atoms with Gasteiger partial charge < -0.3 is 18.8 Å². The number of carboxylic acids is 1. The average Bonchev–Trinajstić information content (AvgIpc) is 3.16. The van der Waals surface area contributed by atoms with Crippen molar-refractivity contribution in [2.24, 2.45) is 5.92 Å². The van der Waals surface area contributed by atoms with Crippen LogP contribution in [0.1, 0.15) is 76.5 Å². The number of carbonyl (C=O) groups is 2. The van der Waals surface area contributed by atoms with Crippen LogP contribution in [0.25, 0.3) is 0 Å². The quantitative estimate of drug-likeness (QED) is 0.874. The van der Waals surface area contributed by atoms with E-state index in [2.05, 4.69) is 9.97 Å². The molecule has 2 fully saturated rings. The summed E-state index contributed by atoms with van der Waals surface area (Å²) in [5.74, 6) is 0.257. The number of piperidine rings is 1. The standard InChI is InChI=1S/C18H21N3O5/c1-10-15(26-13(20-10)8-11-5-6-11)17(22)21-7-3-2-4-12(21)16-14(18(23)24)19-9-25-16/h9,11-12H,2-8H2,1H3,(H,23,24). The van der Waals surface area contributed by atoms with Gasteiger partial charge in [0.1, 0.15) is 0 Å². The fourth-order valence-corrected chi connectivity index (χ4v) is 3.54. The second-order valence-electron chi connectivity index (χ2n) is 7.05. The van der Waals surface area contributed by atoms with Gasteiger partial charge in [-0.15, -0.1) is 0 Å². The molecule has 0 spiro atoms. The maximum Gasteiger partial charge on any atom is 0.358 e. The first-order chi connectivity index (χ1) is 12.5. The lowest BCUT2D eigenvalue weighted by atomic mass is 9.98. The Morgan fingerprint density at radius 3 is 2.85 bits per heavy atom. The number of amides is 1. The third-order valence-corrected chi connectivity index (χ3v) is 5.06. The van der Waals surface area contributed by atoms with Gasteiger partial charge in [-0.25, -0.2) is 14.8 Å². The maximum atomic E-state index is 13.1. The van der Waals surface area contributed by atoms with Crippen LogP contribution in [0.3, 0.4) is 0 Å². The first-order valence-electron chi connectivity index (χ1n) is 8.98. The third-order valence-electron chi connectivity index (χ3n) is 5.06. The summed E-state index contributed by atoms with van der Waals surface area (Å²) >= 11 is 0. The van der Waals surface area contributed by atoms with Crippen molar-refractivity contribution in [3.63, 3.8) is 0 Å². The van der Waals surface area contributed by atoms with Gasteiger partial charge >= 0.3 is 5.97 Å². The lowest BCUT2D eigenvalue weighted by Crippen LogP contribution is -2.39. The number of aromatic nitrogens is 2. The highest BCUT2D eigenvalue weighted by Gasteiger charge is 2.36. The predicted octanol–water partition coefficient (Wildman–Crippen LogP) is 2.99. The molecule has 1 aliphatic heterocycles. The van der Waals surface area contributed by atoms with E-state index in [0.29, 0.717) is 30.5 Å². The molecule has 0 radical (unpaired) electrons. The van der Waals surface area contributed by atoms with Crippen molar-refractivity contribution in [1.82, 2.24) is 14.9 Å². The number of carboxylic acid groups (broad SMARTS) is 1. The molecule has 1 amide bonds. The van der Waals surface area contributed by atoms with E-state index < -0.39 is 12.0 Å². The van der Waals surface area contributed by atoms with Crippen LogP contribution < -0.4 is 0 Å². The summed E-state index contributed by atoms with van der Waals surface area (Å²) in [6, 6.07) is -0.457. The summed E-state index contributed by atoms with van der Waals surface area (Å²) in [5, 5.41) is 9.31. The minimum atomic E-state index is -1.16. The zero-order valence-corrected chi connectivity index (χ0v) is 14.6. The fraction of sp³-hybridized carbons (Fsp3) is 0.556. The van der Waals surface area contributed by atoms with Gasteiger partial charge in [0.15, 0.2) is 23.7 Å². The third kappa shape index (κ3) is 3.11. The molecule has 138 valence electrons. The summed E-state index contributed by atoms with van der Waals surface area (Å²) in [7, 11) is 0. The molecule has 4 rings (SSSR count). The van der Waals surface area contributed by atoms with Crippen molar-refractivity contribution in [1.29, 1.82) is 0 Å². The maximum absolute atomic E-state index is 13.1. The summed E-state index contributed by atoms with van der Waals surface area (Å²) in [6.07, 6.45) is 6.61. The van der Waals surface area contributed by atoms with Gasteiger partial charge in [0, 0.05) is 13.0 Å². The second-order valence-corrected chi connectivity index (χ2v) is 7.05. The van der Waals surface area contributed by atoms with Crippen LogP contribution in [-0.2, 0) is 6.42 Å². The normalized spacial score (nSPS) is 20.3. The van der Waals surface area contributed by atoms with Crippen LogP contribution in [0, 0.1) is 12.8 Å². The molecule has 1 aliphatic carbocycles. The average molecular weight is 359 g/mol. The Hall–Kier alpha value is -2.64. The zero-order valence-electron chi connectivity index (χ0n) is 14.6. The molecule has 1 unspecified atom stereocenters. The van der Waals surface area contributed by atoms with Gasteiger partial charge in [0.05, 0.1) is 11.7 Å². The summed E-state index contributed by atoms with van der Waals surface area (Å²) in [5.41, 5.74) is 0.435. The molecule has 1 N–H and O–H groups in total. The first-order valence-corrected chi connectivity index (χ1v) is 8.98.